The molecule has 0 N–H and O–H groups in total. The molecule has 1 aliphatic heterocycles. The summed E-state index contributed by atoms with van der Waals surface area (Å²) in [6, 6.07) is 1.95. The van der Waals surface area contributed by atoms with Gasteiger partial charge in [-0.25, -0.2) is 0 Å². The van der Waals surface area contributed by atoms with Gasteiger partial charge >= 0.3 is 0 Å². The van der Waals surface area contributed by atoms with E-state index in [-0.39, 0.29) is 9.84 Å². The van der Waals surface area contributed by atoms with Gasteiger partial charge in [0.25, 0.3) is 0 Å². The van der Waals surface area contributed by atoms with Gasteiger partial charge in [0.15, 0.2) is 5.01 Å². The van der Waals surface area contributed by atoms with Gasteiger partial charge in [0, 0.05) is 11.8 Å². The quantitative estimate of drug-likeness (QED) is 0.681. The second-order valence-electron chi connectivity index (χ2n) is 2.28. The summed E-state index contributed by atoms with van der Waals surface area (Å²) >= 11 is 6.89. The summed E-state index contributed by atoms with van der Waals surface area (Å²) in [6.07, 6.45) is 3.49. The zero-order valence-electron chi connectivity index (χ0n) is 5.50. The molecule has 0 saturated carbocycles. The number of hydrogen-bond donors (Lipinski definition) is 0. The molecule has 2 rings (SSSR count). The standard InChI is InChI=1S/C7H5Br2NO/c8-6-4-1-2-10-3-5(4)11-7(6)9/h1-3,6-7H/t6-,7-/m1/s1. The van der Waals surface area contributed by atoms with E-state index in [9.17, 15) is 0 Å². The predicted octanol–water partition coefficient (Wildman–Crippen LogP) is 2.63. The highest BCUT2D eigenvalue weighted by molar-refractivity contribution is 9.12. The molecule has 2 heterocycles. The zero-order chi connectivity index (χ0) is 7.84. The predicted molar refractivity (Wildman–Crippen MR) is 49.2 cm³/mol. The number of ether oxygens (including phenoxy) is 1. The lowest BCUT2D eigenvalue weighted by atomic mass is 10.2. The Morgan fingerprint density at radius 3 is 3.00 bits per heavy atom. The van der Waals surface area contributed by atoms with Crippen LogP contribution in [-0.2, 0) is 0 Å². The molecule has 11 heavy (non-hydrogen) atoms. The molecule has 58 valence electrons. The molecule has 0 aliphatic carbocycles. The highest BCUT2D eigenvalue weighted by atomic mass is 79.9. The fourth-order valence-electron chi connectivity index (χ4n) is 1.04. The van der Waals surface area contributed by atoms with Crippen LogP contribution in [0.25, 0.3) is 0 Å². The first-order valence-corrected chi connectivity index (χ1v) is 5.01. The molecular formula is C7H5Br2NO. The fourth-order valence-corrected chi connectivity index (χ4v) is 2.01. The first-order valence-electron chi connectivity index (χ1n) is 3.18. The van der Waals surface area contributed by atoms with Crippen molar-refractivity contribution in [2.75, 3.05) is 0 Å². The van der Waals surface area contributed by atoms with Crippen LogP contribution in [0.2, 0.25) is 0 Å². The second-order valence-corrected chi connectivity index (χ2v) is 4.17. The van der Waals surface area contributed by atoms with Gasteiger partial charge in [0.2, 0.25) is 0 Å². The molecule has 1 aromatic rings. The van der Waals surface area contributed by atoms with Crippen molar-refractivity contribution < 1.29 is 4.74 Å². The molecule has 0 spiro atoms. The van der Waals surface area contributed by atoms with Crippen molar-refractivity contribution in [3.05, 3.63) is 24.0 Å². The lowest BCUT2D eigenvalue weighted by Crippen LogP contribution is -2.03. The Balaban J connectivity index is 2.47. The van der Waals surface area contributed by atoms with Gasteiger partial charge in [-0.15, -0.1) is 0 Å². The lowest BCUT2D eigenvalue weighted by Gasteiger charge is -2.02. The van der Waals surface area contributed by atoms with Gasteiger partial charge in [-0.05, 0) is 22.0 Å². The smallest absolute Gasteiger partial charge is 0.169 e. The Kier molecular flexibility index (Phi) is 1.89. The number of hydrogen-bond acceptors (Lipinski definition) is 2. The van der Waals surface area contributed by atoms with E-state index in [0.717, 1.165) is 11.3 Å². The van der Waals surface area contributed by atoms with E-state index in [1.54, 1.807) is 12.4 Å². The van der Waals surface area contributed by atoms with E-state index in [0.29, 0.717) is 0 Å². The van der Waals surface area contributed by atoms with Gasteiger partial charge < -0.3 is 4.74 Å². The molecule has 2 nitrogen and oxygen atoms in total. The zero-order valence-corrected chi connectivity index (χ0v) is 8.67. The molecule has 0 aromatic carbocycles. The van der Waals surface area contributed by atoms with Gasteiger partial charge in [-0.1, -0.05) is 15.9 Å². The summed E-state index contributed by atoms with van der Waals surface area (Å²) in [4.78, 5) is 4.20. The lowest BCUT2D eigenvalue weighted by molar-refractivity contribution is 0.328. The van der Waals surface area contributed by atoms with Crippen molar-refractivity contribution in [3.63, 3.8) is 0 Å². The second kappa shape index (κ2) is 2.75. The van der Waals surface area contributed by atoms with Crippen LogP contribution >= 0.6 is 31.9 Å². The summed E-state index contributed by atoms with van der Waals surface area (Å²) < 4.78 is 5.43. The number of fused-ring (bicyclic) bond motifs is 1. The van der Waals surface area contributed by atoms with E-state index >= 15 is 0 Å². The minimum absolute atomic E-state index is 0.0294. The van der Waals surface area contributed by atoms with Crippen molar-refractivity contribution in [2.45, 2.75) is 9.84 Å². The van der Waals surface area contributed by atoms with Crippen LogP contribution in [0.1, 0.15) is 10.4 Å². The normalized spacial score (nSPS) is 27.8. The third-order valence-corrected chi connectivity index (χ3v) is 3.98. The summed E-state index contributed by atoms with van der Waals surface area (Å²) in [5, 5.41) is 0.0294. The Morgan fingerprint density at radius 1 is 1.45 bits per heavy atom. The third kappa shape index (κ3) is 1.18. The summed E-state index contributed by atoms with van der Waals surface area (Å²) in [6.45, 7) is 0. The highest BCUT2D eigenvalue weighted by Gasteiger charge is 2.29. The van der Waals surface area contributed by atoms with Crippen LogP contribution in [0, 0.1) is 0 Å². The van der Waals surface area contributed by atoms with E-state index in [1.807, 2.05) is 6.07 Å². The molecule has 0 amide bonds. The van der Waals surface area contributed by atoms with Crippen molar-refractivity contribution >= 4 is 31.9 Å². The molecule has 1 aliphatic rings. The maximum absolute atomic E-state index is 5.43. The third-order valence-electron chi connectivity index (χ3n) is 1.58. The maximum atomic E-state index is 5.43. The molecule has 1 aromatic heterocycles. The first kappa shape index (κ1) is 7.55. The van der Waals surface area contributed by atoms with Gasteiger partial charge in [-0.3, -0.25) is 4.98 Å². The number of pyridine rings is 1. The van der Waals surface area contributed by atoms with Gasteiger partial charge in [0.1, 0.15) is 5.75 Å². The molecule has 0 saturated heterocycles. The summed E-state index contributed by atoms with van der Waals surface area (Å²) in [5.41, 5.74) is 1.15. The van der Waals surface area contributed by atoms with Gasteiger partial charge in [0.05, 0.1) is 11.0 Å². The Labute approximate surface area is 81.2 Å². The number of rotatable bonds is 0. The Bertz CT molecular complexity index is 279. The minimum Gasteiger partial charge on any atom is -0.476 e. The van der Waals surface area contributed by atoms with Crippen LogP contribution in [0.4, 0.5) is 0 Å². The maximum Gasteiger partial charge on any atom is 0.169 e. The number of nitrogens with zero attached hydrogens (tertiary/aromatic N) is 1. The summed E-state index contributed by atoms with van der Waals surface area (Å²) in [7, 11) is 0. The SMILES string of the molecule is Br[C@@H]1Oc2cnccc2[C@H]1Br. The average Bonchev–Trinajstić information content (AvgIpc) is 2.30. The van der Waals surface area contributed by atoms with Crippen LogP contribution in [0.15, 0.2) is 18.5 Å². The van der Waals surface area contributed by atoms with E-state index in [1.165, 1.54) is 0 Å². The molecule has 0 bridgehead atoms. The van der Waals surface area contributed by atoms with E-state index in [2.05, 4.69) is 36.8 Å². The first-order chi connectivity index (χ1) is 5.29. The average molecular weight is 279 g/mol. The van der Waals surface area contributed by atoms with Crippen molar-refractivity contribution in [2.24, 2.45) is 0 Å². The summed E-state index contributed by atoms with van der Waals surface area (Å²) in [5.74, 6) is 0.858. The molecule has 4 heteroatoms. The highest BCUT2D eigenvalue weighted by Crippen LogP contribution is 2.43. The van der Waals surface area contributed by atoms with Crippen molar-refractivity contribution in [1.82, 2.24) is 4.98 Å². The van der Waals surface area contributed by atoms with E-state index < -0.39 is 0 Å². The van der Waals surface area contributed by atoms with Crippen LogP contribution in [-0.4, -0.2) is 10.00 Å². The fraction of sp³-hybridized carbons (Fsp3) is 0.286. The number of halogens is 2. The van der Waals surface area contributed by atoms with Crippen molar-refractivity contribution in [1.29, 1.82) is 0 Å². The molecule has 0 radical (unpaired) electrons. The molecular weight excluding hydrogens is 274 g/mol. The molecule has 0 unspecified atom stereocenters. The van der Waals surface area contributed by atoms with E-state index in [4.69, 9.17) is 4.74 Å². The Morgan fingerprint density at radius 2 is 2.27 bits per heavy atom. The molecule has 0 fully saturated rings. The number of aromatic nitrogens is 1. The minimum atomic E-state index is 0.0294. The van der Waals surface area contributed by atoms with Crippen LogP contribution in [0.5, 0.6) is 5.75 Å². The number of alkyl halides is 2. The Hall–Kier alpha value is -0.0900. The monoisotopic (exact) mass is 277 g/mol. The molecule has 2 atom stereocenters. The van der Waals surface area contributed by atoms with Gasteiger partial charge in [-0.2, -0.15) is 0 Å². The van der Waals surface area contributed by atoms with Crippen LogP contribution in [0.3, 0.4) is 0 Å². The van der Waals surface area contributed by atoms with Crippen LogP contribution < -0.4 is 4.74 Å². The topological polar surface area (TPSA) is 22.1 Å². The largest absolute Gasteiger partial charge is 0.476 e. The van der Waals surface area contributed by atoms with Crippen molar-refractivity contribution in [3.8, 4) is 5.75 Å².